The van der Waals surface area contributed by atoms with E-state index in [1.54, 1.807) is 32.9 Å². The molecule has 0 aliphatic rings. The van der Waals surface area contributed by atoms with Crippen molar-refractivity contribution in [3.63, 3.8) is 0 Å². The van der Waals surface area contributed by atoms with Crippen LogP contribution < -0.4 is 10.9 Å². The van der Waals surface area contributed by atoms with E-state index in [2.05, 4.69) is 10.9 Å². The summed E-state index contributed by atoms with van der Waals surface area (Å²) in [6, 6.07) is 3.27. The summed E-state index contributed by atoms with van der Waals surface area (Å²) < 4.78 is 10.3. The van der Waals surface area contributed by atoms with E-state index in [0.717, 1.165) is 0 Å². The van der Waals surface area contributed by atoms with Crippen molar-refractivity contribution >= 4 is 11.8 Å². The average molecular weight is 262 g/mol. The molecule has 2 rings (SSSR count). The van der Waals surface area contributed by atoms with Gasteiger partial charge in [0.05, 0.1) is 11.8 Å². The van der Waals surface area contributed by atoms with Crippen molar-refractivity contribution in [3.8, 4) is 0 Å². The lowest BCUT2D eigenvalue weighted by atomic mass is 10.2. The van der Waals surface area contributed by atoms with E-state index < -0.39 is 11.8 Å². The summed E-state index contributed by atoms with van der Waals surface area (Å²) in [6.07, 6.45) is 1.41. The van der Waals surface area contributed by atoms with Gasteiger partial charge in [-0.15, -0.1) is 0 Å². The number of rotatable bonds is 2. The van der Waals surface area contributed by atoms with Gasteiger partial charge in [0.25, 0.3) is 5.91 Å². The van der Waals surface area contributed by atoms with E-state index in [0.29, 0.717) is 22.6 Å². The molecule has 0 fully saturated rings. The second-order valence-corrected chi connectivity index (χ2v) is 4.17. The van der Waals surface area contributed by atoms with Crippen LogP contribution in [0.15, 0.2) is 27.2 Å². The Kier molecular flexibility index (Phi) is 3.41. The van der Waals surface area contributed by atoms with Crippen LogP contribution >= 0.6 is 0 Å². The van der Waals surface area contributed by atoms with Crippen molar-refractivity contribution in [3.05, 3.63) is 46.8 Å². The Morgan fingerprint density at radius 2 is 1.79 bits per heavy atom. The SMILES string of the molecule is Cc1cc(C(=O)NNC(=O)c2occc2C)c(C)o1. The van der Waals surface area contributed by atoms with Gasteiger partial charge in [0, 0.05) is 5.56 Å². The molecule has 0 spiro atoms. The quantitative estimate of drug-likeness (QED) is 0.809. The van der Waals surface area contributed by atoms with E-state index in [9.17, 15) is 9.59 Å². The molecule has 2 aromatic heterocycles. The van der Waals surface area contributed by atoms with Gasteiger partial charge in [-0.2, -0.15) is 0 Å². The van der Waals surface area contributed by atoms with Gasteiger partial charge in [-0.1, -0.05) is 0 Å². The fourth-order valence-corrected chi connectivity index (χ4v) is 1.70. The lowest BCUT2D eigenvalue weighted by Crippen LogP contribution is -2.41. The molecule has 6 heteroatoms. The average Bonchev–Trinajstić information content (AvgIpc) is 2.91. The lowest BCUT2D eigenvalue weighted by molar-refractivity contribution is 0.0829. The predicted octanol–water partition coefficient (Wildman–Crippen LogP) is 1.87. The van der Waals surface area contributed by atoms with Gasteiger partial charge in [0.2, 0.25) is 0 Å². The third kappa shape index (κ3) is 2.67. The number of carbonyl (C=O) groups excluding carboxylic acids is 2. The summed E-state index contributed by atoms with van der Waals surface area (Å²) in [5.41, 5.74) is 5.68. The van der Waals surface area contributed by atoms with E-state index in [1.807, 2.05) is 0 Å². The number of amides is 2. The molecule has 0 aliphatic heterocycles. The molecule has 0 atom stereocenters. The highest BCUT2D eigenvalue weighted by atomic mass is 16.3. The summed E-state index contributed by atoms with van der Waals surface area (Å²) in [4.78, 5) is 23.5. The number of carbonyl (C=O) groups is 2. The smallest absolute Gasteiger partial charge is 0.305 e. The molecule has 0 bridgehead atoms. The predicted molar refractivity (Wildman–Crippen MR) is 66.6 cm³/mol. The first-order valence-corrected chi connectivity index (χ1v) is 5.71. The fraction of sp³-hybridized carbons (Fsp3) is 0.231. The van der Waals surface area contributed by atoms with Gasteiger partial charge in [0.15, 0.2) is 5.76 Å². The maximum Gasteiger partial charge on any atom is 0.305 e. The summed E-state index contributed by atoms with van der Waals surface area (Å²) in [5.74, 6) is 0.357. The van der Waals surface area contributed by atoms with Crippen molar-refractivity contribution < 1.29 is 18.4 Å². The standard InChI is InChI=1S/C13H14N2O4/c1-7-4-5-18-11(7)13(17)15-14-12(16)10-6-8(2)19-9(10)3/h4-6H,1-3H3,(H,14,16)(H,15,17). The molecule has 0 unspecified atom stereocenters. The number of aryl methyl sites for hydroxylation is 3. The second-order valence-electron chi connectivity index (χ2n) is 4.17. The molecule has 0 saturated heterocycles. The summed E-state index contributed by atoms with van der Waals surface area (Å²) in [7, 11) is 0. The first kappa shape index (κ1) is 12.9. The minimum absolute atomic E-state index is 0.167. The normalized spacial score (nSPS) is 10.3. The van der Waals surface area contributed by atoms with Crippen LogP contribution in [-0.4, -0.2) is 11.8 Å². The van der Waals surface area contributed by atoms with Gasteiger partial charge >= 0.3 is 5.91 Å². The molecule has 2 N–H and O–H groups in total. The van der Waals surface area contributed by atoms with Crippen molar-refractivity contribution in [1.82, 2.24) is 10.9 Å². The van der Waals surface area contributed by atoms with Crippen molar-refractivity contribution in [2.75, 3.05) is 0 Å². The van der Waals surface area contributed by atoms with Gasteiger partial charge in [-0.05, 0) is 32.9 Å². The van der Waals surface area contributed by atoms with Gasteiger partial charge < -0.3 is 8.83 Å². The van der Waals surface area contributed by atoms with E-state index >= 15 is 0 Å². The molecule has 0 saturated carbocycles. The number of nitrogens with one attached hydrogen (secondary N) is 2. The van der Waals surface area contributed by atoms with Crippen LogP contribution in [0.3, 0.4) is 0 Å². The maximum atomic E-state index is 11.8. The third-order valence-electron chi connectivity index (χ3n) is 2.64. The largest absolute Gasteiger partial charge is 0.466 e. The summed E-state index contributed by atoms with van der Waals surface area (Å²) in [5, 5.41) is 0. The topological polar surface area (TPSA) is 84.5 Å². The Morgan fingerprint density at radius 3 is 2.32 bits per heavy atom. The molecule has 0 aliphatic carbocycles. The molecule has 2 amide bonds. The first-order valence-electron chi connectivity index (χ1n) is 5.71. The molecule has 0 aromatic carbocycles. The zero-order valence-corrected chi connectivity index (χ0v) is 10.9. The van der Waals surface area contributed by atoms with E-state index in [1.165, 1.54) is 6.26 Å². The third-order valence-corrected chi connectivity index (χ3v) is 2.64. The molecule has 6 nitrogen and oxygen atoms in total. The Bertz CT molecular complexity index is 624. The summed E-state index contributed by atoms with van der Waals surface area (Å²) in [6.45, 7) is 5.17. The Balaban J connectivity index is 2.00. The van der Waals surface area contributed by atoms with Gasteiger partial charge in [0.1, 0.15) is 11.5 Å². The first-order chi connectivity index (χ1) is 8.99. The Labute approximate surface area is 109 Å². The van der Waals surface area contributed by atoms with Crippen molar-refractivity contribution in [1.29, 1.82) is 0 Å². The van der Waals surface area contributed by atoms with Crippen LogP contribution in [0.4, 0.5) is 0 Å². The van der Waals surface area contributed by atoms with Crippen LogP contribution in [0.1, 0.15) is 38.0 Å². The fourth-order valence-electron chi connectivity index (χ4n) is 1.70. The monoisotopic (exact) mass is 262 g/mol. The molecule has 2 heterocycles. The van der Waals surface area contributed by atoms with Gasteiger partial charge in [-0.3, -0.25) is 20.4 Å². The molecule has 19 heavy (non-hydrogen) atoms. The molecule has 2 aromatic rings. The van der Waals surface area contributed by atoms with E-state index in [4.69, 9.17) is 8.83 Å². The number of hydrazine groups is 1. The minimum atomic E-state index is -0.506. The Hall–Kier alpha value is -2.50. The summed E-state index contributed by atoms with van der Waals surface area (Å²) >= 11 is 0. The van der Waals surface area contributed by atoms with E-state index in [-0.39, 0.29) is 5.76 Å². The van der Waals surface area contributed by atoms with Gasteiger partial charge in [-0.25, -0.2) is 0 Å². The van der Waals surface area contributed by atoms with Crippen LogP contribution in [0.25, 0.3) is 0 Å². The highest BCUT2D eigenvalue weighted by Crippen LogP contribution is 2.13. The van der Waals surface area contributed by atoms with Crippen LogP contribution in [0.2, 0.25) is 0 Å². The highest BCUT2D eigenvalue weighted by Gasteiger charge is 2.16. The van der Waals surface area contributed by atoms with Crippen LogP contribution in [0.5, 0.6) is 0 Å². The minimum Gasteiger partial charge on any atom is -0.466 e. The second kappa shape index (κ2) is 5.01. The number of furan rings is 2. The zero-order chi connectivity index (χ0) is 14.0. The lowest BCUT2D eigenvalue weighted by Gasteiger charge is -2.05. The maximum absolute atomic E-state index is 11.8. The molecular weight excluding hydrogens is 248 g/mol. The molecule has 0 radical (unpaired) electrons. The zero-order valence-electron chi connectivity index (χ0n) is 10.9. The Morgan fingerprint density at radius 1 is 1.11 bits per heavy atom. The van der Waals surface area contributed by atoms with Crippen LogP contribution in [0, 0.1) is 20.8 Å². The molecule has 100 valence electrons. The number of hydrogen-bond acceptors (Lipinski definition) is 4. The van der Waals surface area contributed by atoms with Crippen molar-refractivity contribution in [2.24, 2.45) is 0 Å². The molecular formula is C13H14N2O4. The van der Waals surface area contributed by atoms with Crippen LogP contribution in [-0.2, 0) is 0 Å². The number of hydrogen-bond donors (Lipinski definition) is 2. The highest BCUT2D eigenvalue weighted by molar-refractivity contribution is 5.99. The van der Waals surface area contributed by atoms with Crippen molar-refractivity contribution in [2.45, 2.75) is 20.8 Å².